The minimum atomic E-state index is -4.82. The van der Waals surface area contributed by atoms with Crippen molar-refractivity contribution in [2.75, 3.05) is 18.5 Å². The van der Waals surface area contributed by atoms with Crippen LogP contribution in [0.15, 0.2) is 30.6 Å². The molecular weight excluding hydrogens is 435 g/mol. The molecule has 172 valence electrons. The number of fused-ring (bicyclic) bond motifs is 1. The van der Waals surface area contributed by atoms with Crippen LogP contribution >= 0.6 is 0 Å². The highest BCUT2D eigenvalue weighted by Crippen LogP contribution is 2.36. The number of aliphatic hydroxyl groups excluding tert-OH is 3. The molecule has 0 spiro atoms. The molecule has 4 atom stereocenters. The maximum absolute atomic E-state index is 13.6. The second-order valence-electron chi connectivity index (χ2n) is 7.29. The normalized spacial score (nSPS) is 23.7. The Labute approximate surface area is 178 Å². The number of aromatic nitrogens is 4. The Morgan fingerprint density at radius 2 is 1.81 bits per heavy atom. The molecule has 5 N–H and O–H groups in total. The van der Waals surface area contributed by atoms with Gasteiger partial charge in [-0.25, -0.2) is 9.97 Å². The van der Waals surface area contributed by atoms with Gasteiger partial charge in [-0.1, -0.05) is 12.1 Å². The van der Waals surface area contributed by atoms with Crippen LogP contribution in [0.4, 0.5) is 19.1 Å². The average Bonchev–Trinajstić information content (AvgIpc) is 3.29. The van der Waals surface area contributed by atoms with Crippen molar-refractivity contribution >= 4 is 17.1 Å². The first-order valence-corrected chi connectivity index (χ1v) is 9.65. The van der Waals surface area contributed by atoms with Gasteiger partial charge in [0.1, 0.15) is 29.6 Å². The molecule has 4 rings (SSSR count). The summed E-state index contributed by atoms with van der Waals surface area (Å²) in [6, 6.07) is 6.36. The summed E-state index contributed by atoms with van der Waals surface area (Å²) in [5.41, 5.74) is -1.22. The average molecular weight is 455 g/mol. The lowest BCUT2D eigenvalue weighted by Crippen LogP contribution is -2.33. The minimum absolute atomic E-state index is 0.100. The van der Waals surface area contributed by atoms with E-state index in [2.05, 4.69) is 20.3 Å². The van der Waals surface area contributed by atoms with Crippen LogP contribution in [0.25, 0.3) is 11.2 Å². The van der Waals surface area contributed by atoms with Gasteiger partial charge in [0.2, 0.25) is 5.95 Å². The number of anilines is 1. The topological polar surface area (TPSA) is 146 Å². The van der Waals surface area contributed by atoms with E-state index in [-0.39, 0.29) is 23.9 Å². The van der Waals surface area contributed by atoms with Gasteiger partial charge < -0.3 is 30.5 Å². The van der Waals surface area contributed by atoms with Gasteiger partial charge in [-0.3, -0.25) is 4.57 Å². The molecule has 0 bridgehead atoms. The molecule has 3 heterocycles. The third-order valence-corrected chi connectivity index (χ3v) is 5.11. The van der Waals surface area contributed by atoms with Crippen molar-refractivity contribution in [3.8, 4) is 5.75 Å². The Balaban J connectivity index is 1.65. The van der Waals surface area contributed by atoms with Gasteiger partial charge in [-0.2, -0.15) is 18.2 Å². The maximum atomic E-state index is 13.6. The number of hydrogen-bond acceptors (Lipinski definition) is 9. The van der Waals surface area contributed by atoms with E-state index in [1.54, 1.807) is 12.1 Å². The van der Waals surface area contributed by atoms with Gasteiger partial charge >= 0.3 is 6.18 Å². The highest BCUT2D eigenvalue weighted by atomic mass is 19.4. The number of aliphatic hydroxyl groups is 3. The molecule has 0 unspecified atom stereocenters. The third-order valence-electron chi connectivity index (χ3n) is 5.11. The molecule has 2 aromatic heterocycles. The lowest BCUT2D eigenvalue weighted by molar-refractivity contribution is -0.139. The zero-order chi connectivity index (χ0) is 23.0. The van der Waals surface area contributed by atoms with Crippen LogP contribution in [0.3, 0.4) is 0 Å². The summed E-state index contributed by atoms with van der Waals surface area (Å²) in [7, 11) is 0. The Bertz CT molecular complexity index is 1090. The standard InChI is InChI=1S/C19H20F3N5O5/c20-19(21,22)15-12-16(27(8-24-12)17-14(31)13(30)11(7-28)32-17)26-18(25-15)23-6-5-9-1-3-10(29)4-2-9/h1-4,8,11,13-14,17,28-31H,5-7H2,(H,23,25,26)/t11-,13-,14-,17-/m1/s1. The van der Waals surface area contributed by atoms with Crippen LogP contribution in [-0.4, -0.2) is 71.4 Å². The van der Waals surface area contributed by atoms with Crippen LogP contribution < -0.4 is 5.32 Å². The zero-order valence-electron chi connectivity index (χ0n) is 16.4. The first-order valence-electron chi connectivity index (χ1n) is 9.65. The summed E-state index contributed by atoms with van der Waals surface area (Å²) in [4.78, 5) is 11.4. The molecule has 1 aromatic carbocycles. The SMILES string of the molecule is OC[C@H]1O[C@@H](n2cnc3c(C(F)(F)F)nc(NCCc4ccc(O)cc4)nc32)[C@H](O)[C@@H]1O. The number of phenolic OH excluding ortho intramolecular Hbond substituents is 1. The monoisotopic (exact) mass is 455 g/mol. The van der Waals surface area contributed by atoms with E-state index in [1.807, 2.05) is 0 Å². The molecule has 0 saturated carbocycles. The lowest BCUT2D eigenvalue weighted by atomic mass is 10.1. The van der Waals surface area contributed by atoms with Crippen molar-refractivity contribution in [1.82, 2.24) is 19.5 Å². The number of rotatable bonds is 6. The number of hydrogen-bond donors (Lipinski definition) is 5. The van der Waals surface area contributed by atoms with Crippen molar-refractivity contribution in [3.05, 3.63) is 41.9 Å². The number of nitrogens with one attached hydrogen (secondary N) is 1. The zero-order valence-corrected chi connectivity index (χ0v) is 16.4. The van der Waals surface area contributed by atoms with Crippen LogP contribution in [0, 0.1) is 0 Å². The number of aromatic hydroxyl groups is 1. The van der Waals surface area contributed by atoms with E-state index >= 15 is 0 Å². The van der Waals surface area contributed by atoms with Gasteiger partial charge in [0.15, 0.2) is 17.6 Å². The van der Waals surface area contributed by atoms with Crippen LogP contribution in [0.5, 0.6) is 5.75 Å². The molecule has 1 aliphatic heterocycles. The molecule has 10 nitrogen and oxygen atoms in total. The van der Waals surface area contributed by atoms with Crippen molar-refractivity contribution in [2.24, 2.45) is 0 Å². The van der Waals surface area contributed by atoms with Crippen molar-refractivity contribution < 1.29 is 38.3 Å². The predicted octanol–water partition coefficient (Wildman–Crippen LogP) is 0.817. The largest absolute Gasteiger partial charge is 0.508 e. The van der Waals surface area contributed by atoms with Crippen LogP contribution in [0.2, 0.25) is 0 Å². The molecule has 3 aromatic rings. The Morgan fingerprint density at radius 1 is 1.09 bits per heavy atom. The van der Waals surface area contributed by atoms with E-state index in [1.165, 1.54) is 12.1 Å². The Morgan fingerprint density at radius 3 is 2.44 bits per heavy atom. The molecule has 1 fully saturated rings. The first kappa shape index (κ1) is 22.2. The smallest absolute Gasteiger partial charge is 0.435 e. The molecule has 13 heteroatoms. The van der Waals surface area contributed by atoms with E-state index in [0.29, 0.717) is 6.42 Å². The number of halogens is 3. The van der Waals surface area contributed by atoms with E-state index in [9.17, 15) is 33.6 Å². The van der Waals surface area contributed by atoms with Crippen molar-refractivity contribution in [3.63, 3.8) is 0 Å². The van der Waals surface area contributed by atoms with E-state index in [4.69, 9.17) is 4.74 Å². The van der Waals surface area contributed by atoms with Gasteiger partial charge in [0.25, 0.3) is 0 Å². The Hall–Kier alpha value is -3.00. The first-order chi connectivity index (χ1) is 15.2. The molecule has 0 amide bonds. The minimum Gasteiger partial charge on any atom is -0.508 e. The van der Waals surface area contributed by atoms with Crippen molar-refractivity contribution in [1.29, 1.82) is 0 Å². The van der Waals surface area contributed by atoms with E-state index < -0.39 is 48.5 Å². The highest BCUT2D eigenvalue weighted by molar-refractivity contribution is 5.75. The molecule has 0 radical (unpaired) electrons. The number of alkyl halides is 3. The van der Waals surface area contributed by atoms with Gasteiger partial charge in [0.05, 0.1) is 12.9 Å². The highest BCUT2D eigenvalue weighted by Gasteiger charge is 2.45. The lowest BCUT2D eigenvalue weighted by Gasteiger charge is -2.17. The summed E-state index contributed by atoms with van der Waals surface area (Å²) in [5.74, 6) is -0.208. The van der Waals surface area contributed by atoms with Crippen molar-refractivity contribution in [2.45, 2.75) is 37.1 Å². The fraction of sp³-hybridized carbons (Fsp3) is 0.421. The van der Waals surface area contributed by atoms with Crippen LogP contribution in [0.1, 0.15) is 17.5 Å². The van der Waals surface area contributed by atoms with Gasteiger partial charge in [0, 0.05) is 6.54 Å². The Kier molecular flexibility index (Phi) is 5.90. The van der Waals surface area contributed by atoms with E-state index in [0.717, 1.165) is 16.5 Å². The fourth-order valence-corrected chi connectivity index (χ4v) is 3.47. The molecule has 1 aliphatic rings. The number of nitrogens with zero attached hydrogens (tertiary/aromatic N) is 4. The summed E-state index contributed by atoms with van der Waals surface area (Å²) in [6.07, 6.45) is -8.75. The van der Waals surface area contributed by atoms with Gasteiger partial charge in [-0.15, -0.1) is 0 Å². The molecular formula is C19H20F3N5O5. The summed E-state index contributed by atoms with van der Waals surface area (Å²) in [5, 5.41) is 41.5. The number of ether oxygens (including phenoxy) is 1. The maximum Gasteiger partial charge on any atom is 0.435 e. The number of phenols is 1. The second-order valence-corrected chi connectivity index (χ2v) is 7.29. The molecule has 1 saturated heterocycles. The summed E-state index contributed by atoms with van der Waals surface area (Å²) >= 11 is 0. The summed E-state index contributed by atoms with van der Waals surface area (Å²) < 4.78 is 47.3. The quantitative estimate of drug-likeness (QED) is 0.365. The summed E-state index contributed by atoms with van der Waals surface area (Å²) in [6.45, 7) is -0.385. The fourth-order valence-electron chi connectivity index (χ4n) is 3.47. The van der Waals surface area contributed by atoms with Crippen LogP contribution in [-0.2, 0) is 17.3 Å². The third kappa shape index (κ3) is 4.19. The predicted molar refractivity (Wildman–Crippen MR) is 104 cm³/mol. The number of imidazole rings is 1. The second kappa shape index (κ2) is 8.50. The molecule has 0 aliphatic carbocycles. The number of benzene rings is 1. The molecule has 32 heavy (non-hydrogen) atoms. The van der Waals surface area contributed by atoms with Gasteiger partial charge in [-0.05, 0) is 24.1 Å².